The molecular weight excluding hydrogens is 388 g/mol. The summed E-state index contributed by atoms with van der Waals surface area (Å²) in [5.41, 5.74) is 2.38. The third kappa shape index (κ3) is 3.79. The third-order valence-corrected chi connectivity index (χ3v) is 4.98. The summed E-state index contributed by atoms with van der Waals surface area (Å²) in [5, 5.41) is 0.573. The first-order valence-corrected chi connectivity index (χ1v) is 9.44. The smallest absolute Gasteiger partial charge is 0.166 e. The Bertz CT molecular complexity index is 1290. The van der Waals surface area contributed by atoms with Crippen molar-refractivity contribution >= 4 is 10.8 Å². The molecule has 0 spiro atoms. The molecule has 0 radical (unpaired) electrons. The zero-order valence-corrected chi connectivity index (χ0v) is 16.1. The average Bonchev–Trinajstić information content (AvgIpc) is 2.75. The molecule has 148 valence electrons. The molecule has 0 unspecified atom stereocenters. The summed E-state index contributed by atoms with van der Waals surface area (Å²) in [7, 11) is 0. The molecule has 0 fully saturated rings. The van der Waals surface area contributed by atoms with E-state index in [2.05, 4.69) is 11.8 Å². The van der Waals surface area contributed by atoms with Crippen molar-refractivity contribution in [2.75, 3.05) is 0 Å². The lowest BCUT2D eigenvalue weighted by atomic mass is 10.0. The molecule has 4 aromatic rings. The van der Waals surface area contributed by atoms with E-state index >= 15 is 0 Å². The van der Waals surface area contributed by atoms with E-state index in [1.54, 1.807) is 6.07 Å². The van der Waals surface area contributed by atoms with E-state index in [1.165, 1.54) is 30.3 Å². The van der Waals surface area contributed by atoms with Crippen molar-refractivity contribution in [1.29, 1.82) is 0 Å². The fraction of sp³-hybridized carbons (Fsp3) is 0.0769. The van der Waals surface area contributed by atoms with Gasteiger partial charge in [0.25, 0.3) is 0 Å². The van der Waals surface area contributed by atoms with Crippen LogP contribution in [-0.2, 0) is 6.42 Å². The van der Waals surface area contributed by atoms with Gasteiger partial charge in [-0.15, -0.1) is 0 Å². The standard InChI is InChI=1S/C26H16F4/c1-2-16-3-7-18(8-4-16)20-14-24(28)22(25(29)15-20)11-6-17-5-10-21-19(13-17)9-12-23(27)26(21)30/h3-5,7-10,12-15H,2H2,1H3. The maximum atomic E-state index is 14.6. The Labute approximate surface area is 171 Å². The number of hydrogen-bond acceptors (Lipinski definition) is 0. The molecule has 30 heavy (non-hydrogen) atoms. The molecule has 0 heterocycles. The van der Waals surface area contributed by atoms with Crippen LogP contribution in [0.15, 0.2) is 66.7 Å². The van der Waals surface area contributed by atoms with Crippen LogP contribution in [0.5, 0.6) is 0 Å². The third-order valence-electron chi connectivity index (χ3n) is 4.98. The molecule has 0 amide bonds. The first kappa shape index (κ1) is 19.7. The van der Waals surface area contributed by atoms with Crippen LogP contribution in [0.3, 0.4) is 0 Å². The van der Waals surface area contributed by atoms with Gasteiger partial charge in [-0.3, -0.25) is 0 Å². The van der Waals surface area contributed by atoms with Crippen LogP contribution >= 0.6 is 0 Å². The minimum Gasteiger partial charge on any atom is -0.205 e. The summed E-state index contributed by atoms with van der Waals surface area (Å²) in [6.45, 7) is 2.03. The summed E-state index contributed by atoms with van der Waals surface area (Å²) in [6, 6.07) is 16.9. The summed E-state index contributed by atoms with van der Waals surface area (Å²) in [4.78, 5) is 0. The normalized spacial score (nSPS) is 10.7. The highest BCUT2D eigenvalue weighted by molar-refractivity contribution is 5.84. The number of benzene rings is 4. The van der Waals surface area contributed by atoms with E-state index in [0.717, 1.165) is 18.1 Å². The van der Waals surface area contributed by atoms with Crippen molar-refractivity contribution in [3.8, 4) is 23.0 Å². The Hall–Kier alpha value is -3.58. The summed E-state index contributed by atoms with van der Waals surface area (Å²) < 4.78 is 56.2. The van der Waals surface area contributed by atoms with Gasteiger partial charge in [-0.25, -0.2) is 17.6 Å². The van der Waals surface area contributed by atoms with Gasteiger partial charge in [0.2, 0.25) is 0 Å². The van der Waals surface area contributed by atoms with Crippen molar-refractivity contribution in [2.45, 2.75) is 13.3 Å². The Morgan fingerprint density at radius 1 is 0.667 bits per heavy atom. The maximum Gasteiger partial charge on any atom is 0.166 e. The van der Waals surface area contributed by atoms with Crippen LogP contribution in [0.2, 0.25) is 0 Å². The van der Waals surface area contributed by atoms with Crippen LogP contribution in [0.1, 0.15) is 23.6 Å². The Morgan fingerprint density at radius 3 is 2.03 bits per heavy atom. The van der Waals surface area contributed by atoms with Crippen LogP contribution in [0.4, 0.5) is 17.6 Å². The molecule has 0 atom stereocenters. The molecule has 0 aliphatic rings. The number of aryl methyl sites for hydroxylation is 1. The van der Waals surface area contributed by atoms with Crippen molar-refractivity contribution in [2.24, 2.45) is 0 Å². The summed E-state index contributed by atoms with van der Waals surface area (Å²) in [6.07, 6.45) is 0.883. The SMILES string of the molecule is CCc1ccc(-c2cc(F)c(C#Cc3ccc4c(F)c(F)ccc4c3)c(F)c2)cc1. The van der Waals surface area contributed by atoms with E-state index in [1.807, 2.05) is 31.2 Å². The van der Waals surface area contributed by atoms with Gasteiger partial charge in [0.15, 0.2) is 11.6 Å². The van der Waals surface area contributed by atoms with Gasteiger partial charge in [-0.2, -0.15) is 0 Å². The largest absolute Gasteiger partial charge is 0.205 e. The molecule has 0 aliphatic carbocycles. The predicted octanol–water partition coefficient (Wildman–Crippen LogP) is 7.03. The number of rotatable bonds is 2. The first-order chi connectivity index (χ1) is 14.5. The Morgan fingerprint density at radius 2 is 1.37 bits per heavy atom. The second-order valence-corrected chi connectivity index (χ2v) is 6.91. The van der Waals surface area contributed by atoms with Crippen molar-refractivity contribution in [3.63, 3.8) is 0 Å². The molecule has 4 rings (SSSR count). The second kappa shape index (κ2) is 8.04. The topological polar surface area (TPSA) is 0 Å². The first-order valence-electron chi connectivity index (χ1n) is 9.44. The monoisotopic (exact) mass is 404 g/mol. The van der Waals surface area contributed by atoms with E-state index in [9.17, 15) is 17.6 Å². The van der Waals surface area contributed by atoms with Crippen molar-refractivity contribution in [3.05, 3.63) is 107 Å². The molecule has 0 N–H and O–H groups in total. The van der Waals surface area contributed by atoms with Gasteiger partial charge >= 0.3 is 0 Å². The molecule has 0 saturated heterocycles. The summed E-state index contributed by atoms with van der Waals surface area (Å²) >= 11 is 0. The van der Waals surface area contributed by atoms with Crippen molar-refractivity contribution in [1.82, 2.24) is 0 Å². The van der Waals surface area contributed by atoms with E-state index in [0.29, 0.717) is 22.1 Å². The van der Waals surface area contributed by atoms with Gasteiger partial charge in [-0.1, -0.05) is 55.2 Å². The molecule has 4 aromatic carbocycles. The lowest BCUT2D eigenvalue weighted by Gasteiger charge is -2.06. The fourth-order valence-electron chi connectivity index (χ4n) is 3.27. The molecule has 0 aliphatic heterocycles. The van der Waals surface area contributed by atoms with E-state index in [4.69, 9.17) is 0 Å². The molecule has 0 aromatic heterocycles. The zero-order valence-electron chi connectivity index (χ0n) is 16.1. The molecule has 4 heteroatoms. The molecule has 0 nitrogen and oxygen atoms in total. The molecule has 0 bridgehead atoms. The van der Waals surface area contributed by atoms with Crippen LogP contribution in [0, 0.1) is 35.1 Å². The highest BCUT2D eigenvalue weighted by Crippen LogP contribution is 2.25. The predicted molar refractivity (Wildman–Crippen MR) is 111 cm³/mol. The van der Waals surface area contributed by atoms with Crippen LogP contribution in [-0.4, -0.2) is 0 Å². The van der Waals surface area contributed by atoms with E-state index < -0.39 is 23.3 Å². The molecular formula is C26H16F4. The number of fused-ring (bicyclic) bond motifs is 1. The highest BCUT2D eigenvalue weighted by atomic mass is 19.2. The van der Waals surface area contributed by atoms with E-state index in [-0.39, 0.29) is 10.9 Å². The van der Waals surface area contributed by atoms with Gasteiger partial charge in [0, 0.05) is 10.9 Å². The molecule has 0 saturated carbocycles. The minimum absolute atomic E-state index is 0.122. The quantitative estimate of drug-likeness (QED) is 0.249. The number of halogens is 4. The maximum absolute atomic E-state index is 14.6. The second-order valence-electron chi connectivity index (χ2n) is 6.91. The van der Waals surface area contributed by atoms with Gasteiger partial charge in [0.1, 0.15) is 11.6 Å². The lowest BCUT2D eigenvalue weighted by Crippen LogP contribution is -1.93. The Balaban J connectivity index is 1.68. The van der Waals surface area contributed by atoms with Gasteiger partial charge in [0.05, 0.1) is 5.56 Å². The van der Waals surface area contributed by atoms with Crippen LogP contribution in [0.25, 0.3) is 21.9 Å². The van der Waals surface area contributed by atoms with Crippen LogP contribution < -0.4 is 0 Å². The number of hydrogen-bond donors (Lipinski definition) is 0. The van der Waals surface area contributed by atoms with Crippen molar-refractivity contribution < 1.29 is 17.6 Å². The lowest BCUT2D eigenvalue weighted by molar-refractivity contribution is 0.517. The van der Waals surface area contributed by atoms with Gasteiger partial charge < -0.3 is 0 Å². The van der Waals surface area contributed by atoms with Gasteiger partial charge in [-0.05, 0) is 58.8 Å². The fourth-order valence-corrected chi connectivity index (χ4v) is 3.27. The highest BCUT2D eigenvalue weighted by Gasteiger charge is 2.11. The average molecular weight is 404 g/mol. The zero-order chi connectivity index (χ0) is 21.3. The minimum atomic E-state index is -0.938. The summed E-state index contributed by atoms with van der Waals surface area (Å²) in [5.74, 6) is 1.82. The Kier molecular flexibility index (Phi) is 5.29.